The number of rotatable bonds is 5. The summed E-state index contributed by atoms with van der Waals surface area (Å²) in [5.74, 6) is 1.92. The van der Waals surface area contributed by atoms with Crippen LogP contribution >= 0.6 is 0 Å². The van der Waals surface area contributed by atoms with Crippen molar-refractivity contribution in [2.75, 3.05) is 12.4 Å². The number of methoxy groups -OCH3 is 1. The maximum Gasteiger partial charge on any atom is 0.249 e. The second-order valence-corrected chi connectivity index (χ2v) is 5.85. The largest absolute Gasteiger partial charge is 0.497 e. The van der Waals surface area contributed by atoms with Gasteiger partial charge in [0.15, 0.2) is 0 Å². The van der Waals surface area contributed by atoms with E-state index in [9.17, 15) is 0 Å². The summed E-state index contributed by atoms with van der Waals surface area (Å²) in [5.41, 5.74) is 4.45. The summed E-state index contributed by atoms with van der Waals surface area (Å²) in [4.78, 5) is 4.49. The molecule has 124 valence electrons. The van der Waals surface area contributed by atoms with E-state index in [4.69, 9.17) is 9.26 Å². The second-order valence-electron chi connectivity index (χ2n) is 5.85. The van der Waals surface area contributed by atoms with Crippen LogP contribution in [0.1, 0.15) is 30.0 Å². The first-order chi connectivity index (χ1) is 11.6. The summed E-state index contributed by atoms with van der Waals surface area (Å²) in [6.45, 7) is 6.20. The highest BCUT2D eigenvalue weighted by Gasteiger charge is 2.15. The van der Waals surface area contributed by atoms with E-state index in [1.54, 1.807) is 7.11 Å². The van der Waals surface area contributed by atoms with Gasteiger partial charge in [0, 0.05) is 11.3 Å². The van der Waals surface area contributed by atoms with Crippen molar-refractivity contribution in [3.63, 3.8) is 0 Å². The van der Waals surface area contributed by atoms with Crippen molar-refractivity contribution >= 4 is 5.69 Å². The monoisotopic (exact) mass is 323 g/mol. The third kappa shape index (κ3) is 3.40. The van der Waals surface area contributed by atoms with E-state index >= 15 is 0 Å². The van der Waals surface area contributed by atoms with Crippen LogP contribution in [0.3, 0.4) is 0 Å². The lowest BCUT2D eigenvalue weighted by molar-refractivity contribution is 0.368. The second kappa shape index (κ2) is 6.74. The highest BCUT2D eigenvalue weighted by molar-refractivity contribution is 5.56. The minimum Gasteiger partial charge on any atom is -0.497 e. The third-order valence-electron chi connectivity index (χ3n) is 4.05. The minimum atomic E-state index is -0.0772. The molecule has 0 saturated heterocycles. The molecule has 1 atom stereocenters. The van der Waals surface area contributed by atoms with Crippen LogP contribution in [0.4, 0.5) is 5.69 Å². The van der Waals surface area contributed by atoms with Gasteiger partial charge in [-0.15, -0.1) is 0 Å². The van der Waals surface area contributed by atoms with Crippen molar-refractivity contribution in [1.29, 1.82) is 0 Å². The number of benzene rings is 2. The third-order valence-corrected chi connectivity index (χ3v) is 4.05. The summed E-state index contributed by atoms with van der Waals surface area (Å²) < 4.78 is 10.6. The van der Waals surface area contributed by atoms with Crippen LogP contribution in [0.5, 0.6) is 5.75 Å². The molecule has 1 aromatic heterocycles. The van der Waals surface area contributed by atoms with E-state index in [-0.39, 0.29) is 6.04 Å². The number of nitrogens with one attached hydrogen (secondary N) is 1. The van der Waals surface area contributed by atoms with Crippen molar-refractivity contribution in [2.24, 2.45) is 0 Å². The van der Waals surface area contributed by atoms with Crippen molar-refractivity contribution in [3.8, 4) is 17.1 Å². The molecule has 0 spiro atoms. The molecule has 24 heavy (non-hydrogen) atoms. The molecular formula is C19H21N3O2. The Balaban J connectivity index is 1.75. The fourth-order valence-corrected chi connectivity index (χ4v) is 2.41. The van der Waals surface area contributed by atoms with Crippen LogP contribution in [-0.2, 0) is 0 Å². The number of ether oxygens (including phenoxy) is 1. The Kier molecular flexibility index (Phi) is 4.51. The summed E-state index contributed by atoms with van der Waals surface area (Å²) in [5, 5.41) is 7.46. The van der Waals surface area contributed by atoms with Crippen LogP contribution in [0.25, 0.3) is 11.4 Å². The van der Waals surface area contributed by atoms with Crippen molar-refractivity contribution in [3.05, 3.63) is 59.5 Å². The van der Waals surface area contributed by atoms with Gasteiger partial charge in [0.1, 0.15) is 11.8 Å². The molecule has 0 aliphatic heterocycles. The van der Waals surface area contributed by atoms with Gasteiger partial charge in [0.05, 0.1) is 7.11 Å². The van der Waals surface area contributed by atoms with E-state index in [2.05, 4.69) is 47.5 Å². The number of aryl methyl sites for hydroxylation is 2. The lowest BCUT2D eigenvalue weighted by Crippen LogP contribution is -2.07. The molecule has 0 aliphatic carbocycles. The molecular weight excluding hydrogens is 302 g/mol. The number of hydrogen-bond donors (Lipinski definition) is 1. The van der Waals surface area contributed by atoms with Gasteiger partial charge in [-0.1, -0.05) is 11.2 Å². The van der Waals surface area contributed by atoms with Gasteiger partial charge in [-0.25, -0.2) is 0 Å². The van der Waals surface area contributed by atoms with E-state index in [1.807, 2.05) is 31.2 Å². The van der Waals surface area contributed by atoms with E-state index in [0.29, 0.717) is 11.7 Å². The van der Waals surface area contributed by atoms with Crippen LogP contribution in [-0.4, -0.2) is 17.3 Å². The van der Waals surface area contributed by atoms with Gasteiger partial charge >= 0.3 is 0 Å². The number of anilines is 1. The Morgan fingerprint density at radius 1 is 1.04 bits per heavy atom. The molecule has 0 radical (unpaired) electrons. The summed E-state index contributed by atoms with van der Waals surface area (Å²) in [6.07, 6.45) is 0. The molecule has 3 rings (SSSR count). The molecule has 1 N–H and O–H groups in total. The minimum absolute atomic E-state index is 0.0772. The van der Waals surface area contributed by atoms with Gasteiger partial charge in [-0.3, -0.25) is 0 Å². The van der Waals surface area contributed by atoms with Crippen LogP contribution in [0.2, 0.25) is 0 Å². The molecule has 0 saturated carbocycles. The Morgan fingerprint density at radius 2 is 1.79 bits per heavy atom. The zero-order valence-corrected chi connectivity index (χ0v) is 14.3. The number of aromatic nitrogens is 2. The SMILES string of the molecule is COc1ccc(-c2noc([C@@H](C)Nc3ccc(C)c(C)c3)n2)cc1. The van der Waals surface area contributed by atoms with Crippen LogP contribution < -0.4 is 10.1 Å². The van der Waals surface area contributed by atoms with E-state index in [1.165, 1.54) is 11.1 Å². The van der Waals surface area contributed by atoms with Gasteiger partial charge in [-0.05, 0) is 68.3 Å². The maximum absolute atomic E-state index is 5.41. The fourth-order valence-electron chi connectivity index (χ4n) is 2.41. The quantitative estimate of drug-likeness (QED) is 0.747. The normalized spacial score (nSPS) is 12.0. The smallest absolute Gasteiger partial charge is 0.249 e. The van der Waals surface area contributed by atoms with Crippen LogP contribution in [0.15, 0.2) is 47.0 Å². The lowest BCUT2D eigenvalue weighted by Gasteiger charge is -2.12. The molecule has 0 unspecified atom stereocenters. The summed E-state index contributed by atoms with van der Waals surface area (Å²) >= 11 is 0. The Hall–Kier alpha value is -2.82. The summed E-state index contributed by atoms with van der Waals surface area (Å²) in [6, 6.07) is 13.8. The predicted molar refractivity (Wildman–Crippen MR) is 94.2 cm³/mol. The van der Waals surface area contributed by atoms with Gasteiger partial charge in [0.2, 0.25) is 11.7 Å². The first-order valence-corrected chi connectivity index (χ1v) is 7.88. The first kappa shape index (κ1) is 16.1. The molecule has 5 heteroatoms. The molecule has 0 amide bonds. The van der Waals surface area contributed by atoms with Crippen molar-refractivity contribution < 1.29 is 9.26 Å². The van der Waals surface area contributed by atoms with E-state index in [0.717, 1.165) is 17.0 Å². The number of hydrogen-bond acceptors (Lipinski definition) is 5. The zero-order chi connectivity index (χ0) is 17.1. The highest BCUT2D eigenvalue weighted by Crippen LogP contribution is 2.24. The molecule has 3 aromatic rings. The van der Waals surface area contributed by atoms with Crippen molar-refractivity contribution in [2.45, 2.75) is 26.8 Å². The fraction of sp³-hybridized carbons (Fsp3) is 0.263. The topological polar surface area (TPSA) is 60.2 Å². The average Bonchev–Trinajstić information content (AvgIpc) is 3.08. The van der Waals surface area contributed by atoms with Gasteiger partial charge in [0.25, 0.3) is 0 Å². The maximum atomic E-state index is 5.41. The van der Waals surface area contributed by atoms with Crippen LogP contribution in [0, 0.1) is 13.8 Å². The molecule has 0 aliphatic rings. The Bertz CT molecular complexity index is 825. The first-order valence-electron chi connectivity index (χ1n) is 7.88. The van der Waals surface area contributed by atoms with Gasteiger partial charge < -0.3 is 14.6 Å². The molecule has 0 bridgehead atoms. The molecule has 1 heterocycles. The molecule has 5 nitrogen and oxygen atoms in total. The van der Waals surface area contributed by atoms with Gasteiger partial charge in [-0.2, -0.15) is 4.98 Å². The lowest BCUT2D eigenvalue weighted by atomic mass is 10.1. The Morgan fingerprint density at radius 3 is 2.46 bits per heavy atom. The van der Waals surface area contributed by atoms with Crippen molar-refractivity contribution in [1.82, 2.24) is 10.1 Å². The highest BCUT2D eigenvalue weighted by atomic mass is 16.5. The zero-order valence-electron chi connectivity index (χ0n) is 14.3. The Labute approximate surface area is 141 Å². The summed E-state index contributed by atoms with van der Waals surface area (Å²) in [7, 11) is 1.64. The molecule has 2 aromatic carbocycles. The van der Waals surface area contributed by atoms with E-state index < -0.39 is 0 Å². The standard InChI is InChI=1S/C19H21N3O2/c1-12-5-8-16(11-13(12)2)20-14(3)19-21-18(22-24-19)15-6-9-17(23-4)10-7-15/h5-11,14,20H,1-4H3/t14-/m1/s1. The predicted octanol–water partition coefficient (Wildman–Crippen LogP) is 4.54. The average molecular weight is 323 g/mol. The molecule has 0 fully saturated rings. The number of nitrogens with zero attached hydrogens (tertiary/aromatic N) is 2.